The molecule has 0 fully saturated rings. The number of ether oxygens (including phenoxy) is 3. The van der Waals surface area contributed by atoms with Gasteiger partial charge in [-0.1, -0.05) is 18.2 Å². The summed E-state index contributed by atoms with van der Waals surface area (Å²) in [7, 11) is 1.66. The Morgan fingerprint density at radius 1 is 1.13 bits per heavy atom. The van der Waals surface area contributed by atoms with Gasteiger partial charge >= 0.3 is 0 Å². The predicted molar refractivity (Wildman–Crippen MR) is 92.6 cm³/mol. The molecule has 2 aromatic carbocycles. The van der Waals surface area contributed by atoms with Crippen molar-refractivity contribution in [3.63, 3.8) is 0 Å². The zero-order valence-electron chi connectivity index (χ0n) is 13.9. The van der Waals surface area contributed by atoms with Gasteiger partial charge in [-0.3, -0.25) is 0 Å². The van der Waals surface area contributed by atoms with Gasteiger partial charge in [0.2, 0.25) is 0 Å². The Kier molecular flexibility index (Phi) is 4.56. The number of methoxy groups -OCH3 is 1. The summed E-state index contributed by atoms with van der Waals surface area (Å²) in [5.74, 6) is 2.54. The van der Waals surface area contributed by atoms with Crippen LogP contribution in [0, 0.1) is 0 Å². The van der Waals surface area contributed by atoms with Gasteiger partial charge < -0.3 is 14.2 Å². The van der Waals surface area contributed by atoms with Crippen LogP contribution in [0.25, 0.3) is 5.57 Å². The molecular formula is C20H22O3. The van der Waals surface area contributed by atoms with Gasteiger partial charge in [-0.2, -0.15) is 0 Å². The Hall–Kier alpha value is -2.42. The summed E-state index contributed by atoms with van der Waals surface area (Å²) in [6, 6.07) is 12.5. The SMILES string of the molecule is CC=C(c1ccc2c(c1)CCO2)c1ccc(OC)c(OCC)c1. The van der Waals surface area contributed by atoms with Crippen LogP contribution in [0.4, 0.5) is 0 Å². The zero-order chi connectivity index (χ0) is 16.2. The molecule has 0 aliphatic carbocycles. The van der Waals surface area contributed by atoms with E-state index in [0.29, 0.717) is 6.61 Å². The molecule has 1 aliphatic heterocycles. The molecule has 120 valence electrons. The fraction of sp³-hybridized carbons (Fsp3) is 0.300. The highest BCUT2D eigenvalue weighted by Gasteiger charge is 2.15. The molecule has 0 aromatic heterocycles. The van der Waals surface area contributed by atoms with Crippen LogP contribution in [0.15, 0.2) is 42.5 Å². The first-order valence-electron chi connectivity index (χ1n) is 8.00. The van der Waals surface area contributed by atoms with Crippen molar-refractivity contribution >= 4 is 5.57 Å². The molecule has 0 amide bonds. The number of hydrogen-bond acceptors (Lipinski definition) is 3. The molecule has 3 heteroatoms. The summed E-state index contributed by atoms with van der Waals surface area (Å²) in [6.45, 7) is 5.43. The van der Waals surface area contributed by atoms with E-state index in [1.165, 1.54) is 16.7 Å². The van der Waals surface area contributed by atoms with E-state index in [1.54, 1.807) is 7.11 Å². The Morgan fingerprint density at radius 3 is 2.65 bits per heavy atom. The highest BCUT2D eigenvalue weighted by molar-refractivity contribution is 5.81. The Labute approximate surface area is 137 Å². The molecule has 1 heterocycles. The van der Waals surface area contributed by atoms with Gasteiger partial charge in [0.25, 0.3) is 0 Å². The number of hydrogen-bond donors (Lipinski definition) is 0. The average molecular weight is 310 g/mol. The topological polar surface area (TPSA) is 27.7 Å². The third kappa shape index (κ3) is 3.04. The van der Waals surface area contributed by atoms with Crippen LogP contribution in [0.1, 0.15) is 30.5 Å². The lowest BCUT2D eigenvalue weighted by molar-refractivity contribution is 0.311. The summed E-state index contributed by atoms with van der Waals surface area (Å²) in [6.07, 6.45) is 3.11. The first-order chi connectivity index (χ1) is 11.3. The second-order valence-electron chi connectivity index (χ2n) is 5.42. The smallest absolute Gasteiger partial charge is 0.161 e. The van der Waals surface area contributed by atoms with E-state index < -0.39 is 0 Å². The van der Waals surface area contributed by atoms with Gasteiger partial charge in [0.05, 0.1) is 20.3 Å². The monoisotopic (exact) mass is 310 g/mol. The maximum absolute atomic E-state index is 5.70. The highest BCUT2D eigenvalue weighted by Crippen LogP contribution is 2.35. The van der Waals surface area contributed by atoms with Crippen molar-refractivity contribution in [1.82, 2.24) is 0 Å². The minimum atomic E-state index is 0.612. The largest absolute Gasteiger partial charge is 0.493 e. The third-order valence-electron chi connectivity index (χ3n) is 4.06. The lowest BCUT2D eigenvalue weighted by Crippen LogP contribution is -1.97. The molecule has 0 saturated carbocycles. The predicted octanol–water partition coefficient (Wildman–Crippen LogP) is 4.48. The standard InChI is InChI=1S/C20H22O3/c1-4-17(14-6-8-18-16(12-14)10-11-23-18)15-7-9-19(21-3)20(13-15)22-5-2/h4,6-9,12-13H,5,10-11H2,1-3H3. The molecule has 23 heavy (non-hydrogen) atoms. The van der Waals surface area contributed by atoms with Gasteiger partial charge in [-0.15, -0.1) is 0 Å². The Balaban J connectivity index is 1.99. The van der Waals surface area contributed by atoms with Crippen LogP contribution < -0.4 is 14.2 Å². The molecule has 1 aliphatic rings. The molecule has 3 rings (SSSR count). The molecular weight excluding hydrogens is 288 g/mol. The molecule has 0 saturated heterocycles. The summed E-state index contributed by atoms with van der Waals surface area (Å²) < 4.78 is 16.7. The normalized spacial score (nSPS) is 13.4. The number of benzene rings is 2. The third-order valence-corrected chi connectivity index (χ3v) is 4.06. The molecule has 0 radical (unpaired) electrons. The van der Waals surface area contributed by atoms with Crippen LogP contribution in [-0.4, -0.2) is 20.3 Å². The average Bonchev–Trinajstić information content (AvgIpc) is 3.04. The molecule has 0 spiro atoms. The molecule has 0 atom stereocenters. The van der Waals surface area contributed by atoms with Gasteiger partial charge in [-0.05, 0) is 60.4 Å². The zero-order valence-corrected chi connectivity index (χ0v) is 13.9. The van der Waals surface area contributed by atoms with Crippen molar-refractivity contribution in [2.75, 3.05) is 20.3 Å². The van der Waals surface area contributed by atoms with Crippen molar-refractivity contribution in [3.8, 4) is 17.2 Å². The molecule has 0 unspecified atom stereocenters. The van der Waals surface area contributed by atoms with Crippen LogP contribution >= 0.6 is 0 Å². The van der Waals surface area contributed by atoms with Gasteiger partial charge in [0, 0.05) is 6.42 Å². The van der Waals surface area contributed by atoms with Gasteiger partial charge in [0.1, 0.15) is 5.75 Å². The van der Waals surface area contributed by atoms with Crippen molar-refractivity contribution in [2.24, 2.45) is 0 Å². The van der Waals surface area contributed by atoms with Crippen molar-refractivity contribution in [1.29, 1.82) is 0 Å². The second-order valence-corrected chi connectivity index (χ2v) is 5.42. The van der Waals surface area contributed by atoms with Crippen molar-refractivity contribution < 1.29 is 14.2 Å². The van der Waals surface area contributed by atoms with E-state index in [9.17, 15) is 0 Å². The number of allylic oxidation sites excluding steroid dienone is 1. The number of rotatable bonds is 5. The minimum absolute atomic E-state index is 0.612. The highest BCUT2D eigenvalue weighted by atomic mass is 16.5. The van der Waals surface area contributed by atoms with Gasteiger partial charge in [0.15, 0.2) is 11.5 Å². The number of fused-ring (bicyclic) bond motifs is 1. The summed E-state index contributed by atoms with van der Waals surface area (Å²) in [4.78, 5) is 0. The van der Waals surface area contributed by atoms with Crippen LogP contribution in [0.3, 0.4) is 0 Å². The van der Waals surface area contributed by atoms with Gasteiger partial charge in [-0.25, -0.2) is 0 Å². The lowest BCUT2D eigenvalue weighted by Gasteiger charge is -2.14. The van der Waals surface area contributed by atoms with Crippen LogP contribution in [0.2, 0.25) is 0 Å². The van der Waals surface area contributed by atoms with E-state index >= 15 is 0 Å². The first kappa shape index (κ1) is 15.5. The summed E-state index contributed by atoms with van der Waals surface area (Å²) >= 11 is 0. The summed E-state index contributed by atoms with van der Waals surface area (Å²) in [5, 5.41) is 0. The second kappa shape index (κ2) is 6.78. The maximum atomic E-state index is 5.70. The Morgan fingerprint density at radius 2 is 1.91 bits per heavy atom. The molecule has 3 nitrogen and oxygen atoms in total. The minimum Gasteiger partial charge on any atom is -0.493 e. The quantitative estimate of drug-likeness (QED) is 0.815. The fourth-order valence-corrected chi connectivity index (χ4v) is 2.97. The van der Waals surface area contributed by atoms with E-state index in [-0.39, 0.29) is 0 Å². The van der Waals surface area contributed by atoms with Crippen molar-refractivity contribution in [2.45, 2.75) is 20.3 Å². The van der Waals surface area contributed by atoms with E-state index in [2.05, 4.69) is 37.3 Å². The molecule has 0 N–H and O–H groups in total. The maximum Gasteiger partial charge on any atom is 0.161 e. The first-order valence-corrected chi connectivity index (χ1v) is 8.00. The van der Waals surface area contributed by atoms with E-state index in [0.717, 1.165) is 35.8 Å². The molecule has 2 aromatic rings. The Bertz CT molecular complexity index is 732. The van der Waals surface area contributed by atoms with Crippen molar-refractivity contribution in [3.05, 3.63) is 59.2 Å². The molecule has 0 bridgehead atoms. The van der Waals surface area contributed by atoms with E-state index in [4.69, 9.17) is 14.2 Å². The fourth-order valence-electron chi connectivity index (χ4n) is 2.97. The lowest BCUT2D eigenvalue weighted by atomic mass is 9.95. The van der Waals surface area contributed by atoms with Crippen LogP contribution in [0.5, 0.6) is 17.2 Å². The summed E-state index contributed by atoms with van der Waals surface area (Å²) in [5.41, 5.74) is 4.78. The van der Waals surface area contributed by atoms with E-state index in [1.807, 2.05) is 19.1 Å². The van der Waals surface area contributed by atoms with Crippen LogP contribution in [-0.2, 0) is 6.42 Å².